The molecule has 33 heavy (non-hydrogen) atoms. The summed E-state index contributed by atoms with van der Waals surface area (Å²) in [4.78, 5) is 39.2. The molecular formula is C24H31N3O5S. The number of hydrogen-bond acceptors (Lipinski definition) is 5. The van der Waals surface area contributed by atoms with E-state index in [0.29, 0.717) is 5.56 Å². The Balaban J connectivity index is 2.40. The van der Waals surface area contributed by atoms with E-state index in [0.717, 1.165) is 16.1 Å². The van der Waals surface area contributed by atoms with Gasteiger partial charge in [0.2, 0.25) is 21.8 Å². The van der Waals surface area contributed by atoms with Gasteiger partial charge < -0.3 is 10.2 Å². The molecule has 2 aromatic rings. The Morgan fingerprint density at radius 1 is 0.970 bits per heavy atom. The van der Waals surface area contributed by atoms with Gasteiger partial charge in [-0.1, -0.05) is 42.5 Å². The molecular weight excluding hydrogens is 442 g/mol. The van der Waals surface area contributed by atoms with Gasteiger partial charge in [-0.2, -0.15) is 0 Å². The van der Waals surface area contributed by atoms with Crippen LogP contribution < -0.4 is 9.62 Å². The van der Waals surface area contributed by atoms with Crippen LogP contribution in [0, 0.1) is 0 Å². The van der Waals surface area contributed by atoms with Gasteiger partial charge in [0.25, 0.3) is 0 Å². The number of anilines is 1. The zero-order chi connectivity index (χ0) is 24.8. The lowest BCUT2D eigenvalue weighted by Gasteiger charge is -2.32. The topological polar surface area (TPSA) is 104 Å². The number of hydrogen-bond donors (Lipinski definition) is 1. The van der Waals surface area contributed by atoms with Crippen molar-refractivity contribution in [3.8, 4) is 0 Å². The third-order valence-electron chi connectivity index (χ3n) is 5.01. The molecule has 1 N–H and O–H groups in total. The molecule has 0 aliphatic heterocycles. The van der Waals surface area contributed by atoms with Crippen LogP contribution in [0.5, 0.6) is 0 Å². The number of benzene rings is 2. The molecule has 178 valence electrons. The molecule has 8 nitrogen and oxygen atoms in total. The van der Waals surface area contributed by atoms with Crippen molar-refractivity contribution in [3.05, 3.63) is 65.7 Å². The summed E-state index contributed by atoms with van der Waals surface area (Å²) in [5.74, 6) is -1.09. The van der Waals surface area contributed by atoms with E-state index in [1.165, 1.54) is 24.0 Å². The molecule has 0 heterocycles. The Kier molecular flexibility index (Phi) is 8.76. The first-order chi connectivity index (χ1) is 15.4. The summed E-state index contributed by atoms with van der Waals surface area (Å²) in [6, 6.07) is 14.3. The molecule has 2 rings (SSSR count). The highest BCUT2D eigenvalue weighted by atomic mass is 32.2. The van der Waals surface area contributed by atoms with E-state index in [1.54, 1.807) is 19.1 Å². The molecule has 0 aliphatic rings. The number of rotatable bonds is 10. The maximum atomic E-state index is 13.4. The summed E-state index contributed by atoms with van der Waals surface area (Å²) in [6.07, 6.45) is 0.997. The van der Waals surface area contributed by atoms with Gasteiger partial charge >= 0.3 is 0 Å². The Hall–Kier alpha value is -3.20. The van der Waals surface area contributed by atoms with Crippen LogP contribution in [0.4, 0.5) is 5.69 Å². The fraction of sp³-hybridized carbons (Fsp3) is 0.375. The molecule has 0 unspecified atom stereocenters. The van der Waals surface area contributed by atoms with Gasteiger partial charge in [0.1, 0.15) is 12.6 Å². The molecule has 0 saturated heterocycles. The Morgan fingerprint density at radius 2 is 1.61 bits per heavy atom. The van der Waals surface area contributed by atoms with Gasteiger partial charge in [0.15, 0.2) is 5.78 Å². The number of carbonyl (C=O) groups is 3. The van der Waals surface area contributed by atoms with Crippen molar-refractivity contribution in [2.24, 2.45) is 0 Å². The predicted octanol–water partition coefficient (Wildman–Crippen LogP) is 2.60. The maximum absolute atomic E-state index is 13.4. The molecule has 2 aromatic carbocycles. The maximum Gasteiger partial charge on any atom is 0.244 e. The molecule has 2 amide bonds. The minimum atomic E-state index is -3.85. The van der Waals surface area contributed by atoms with Crippen LogP contribution in [0.15, 0.2) is 54.6 Å². The zero-order valence-corrected chi connectivity index (χ0v) is 20.4. The standard InChI is InChI=1S/C24H31N3O5S/c1-17(2)25-24(30)18(3)26(15-20-10-7-6-8-11-20)23(29)16-27(33(5,31)32)22-13-9-12-21(14-22)19(4)28/h6-14,17-18H,15-16H2,1-5H3,(H,25,30)/t18-/m1/s1. The van der Waals surface area contributed by atoms with E-state index < -0.39 is 28.5 Å². The second-order valence-electron chi connectivity index (χ2n) is 8.22. The van der Waals surface area contributed by atoms with Crippen LogP contribution in [0.2, 0.25) is 0 Å². The Morgan fingerprint density at radius 3 is 2.15 bits per heavy atom. The van der Waals surface area contributed by atoms with Gasteiger partial charge in [-0.3, -0.25) is 18.7 Å². The quantitative estimate of drug-likeness (QED) is 0.534. The lowest BCUT2D eigenvalue weighted by Crippen LogP contribution is -2.52. The highest BCUT2D eigenvalue weighted by Gasteiger charge is 2.30. The highest BCUT2D eigenvalue weighted by Crippen LogP contribution is 2.21. The average Bonchev–Trinajstić information content (AvgIpc) is 2.74. The van der Waals surface area contributed by atoms with Crippen LogP contribution >= 0.6 is 0 Å². The molecule has 9 heteroatoms. The van der Waals surface area contributed by atoms with Crippen molar-refractivity contribution in [3.63, 3.8) is 0 Å². The summed E-state index contributed by atoms with van der Waals surface area (Å²) in [7, 11) is -3.85. The van der Waals surface area contributed by atoms with Crippen molar-refractivity contribution in [1.82, 2.24) is 10.2 Å². The summed E-state index contributed by atoms with van der Waals surface area (Å²) >= 11 is 0. The number of sulfonamides is 1. The first kappa shape index (κ1) is 26.1. The lowest BCUT2D eigenvalue weighted by molar-refractivity contribution is -0.139. The largest absolute Gasteiger partial charge is 0.352 e. The molecule has 0 spiro atoms. The number of nitrogens with zero attached hydrogens (tertiary/aromatic N) is 2. The highest BCUT2D eigenvalue weighted by molar-refractivity contribution is 7.92. The average molecular weight is 474 g/mol. The van der Waals surface area contributed by atoms with Crippen molar-refractivity contribution in [2.75, 3.05) is 17.1 Å². The normalized spacial score (nSPS) is 12.2. The van der Waals surface area contributed by atoms with Gasteiger partial charge in [-0.05, 0) is 45.4 Å². The van der Waals surface area contributed by atoms with Crippen LogP contribution in [-0.2, 0) is 26.2 Å². The monoisotopic (exact) mass is 473 g/mol. The summed E-state index contributed by atoms with van der Waals surface area (Å²) in [6.45, 7) is 6.26. The van der Waals surface area contributed by atoms with E-state index in [1.807, 2.05) is 44.2 Å². The Bertz CT molecular complexity index is 1100. The van der Waals surface area contributed by atoms with Crippen molar-refractivity contribution in [1.29, 1.82) is 0 Å². The summed E-state index contributed by atoms with van der Waals surface area (Å²) in [5, 5.41) is 2.80. The van der Waals surface area contributed by atoms with E-state index in [-0.39, 0.29) is 30.0 Å². The van der Waals surface area contributed by atoms with Gasteiger partial charge in [-0.25, -0.2) is 8.42 Å². The SMILES string of the molecule is CC(=O)c1cccc(N(CC(=O)N(Cc2ccccc2)[C@H](C)C(=O)NC(C)C)S(C)(=O)=O)c1. The molecule has 0 fully saturated rings. The van der Waals surface area contributed by atoms with Gasteiger partial charge in [0, 0.05) is 18.2 Å². The van der Waals surface area contributed by atoms with Crippen LogP contribution in [-0.4, -0.2) is 55.8 Å². The molecule has 0 aromatic heterocycles. The van der Waals surface area contributed by atoms with Crippen LogP contribution in [0.25, 0.3) is 0 Å². The number of nitrogens with one attached hydrogen (secondary N) is 1. The minimum absolute atomic E-state index is 0.115. The molecule has 0 saturated carbocycles. The minimum Gasteiger partial charge on any atom is -0.352 e. The molecule has 0 aliphatic carbocycles. The van der Waals surface area contributed by atoms with Gasteiger partial charge in [-0.15, -0.1) is 0 Å². The third kappa shape index (κ3) is 7.42. The Labute approximate surface area is 195 Å². The molecule has 0 radical (unpaired) electrons. The lowest BCUT2D eigenvalue weighted by atomic mass is 10.1. The number of amides is 2. The van der Waals surface area contributed by atoms with Crippen molar-refractivity contribution in [2.45, 2.75) is 46.3 Å². The summed E-state index contributed by atoms with van der Waals surface area (Å²) < 4.78 is 26.1. The van der Waals surface area contributed by atoms with E-state index in [9.17, 15) is 22.8 Å². The van der Waals surface area contributed by atoms with E-state index in [2.05, 4.69) is 5.32 Å². The number of Topliss-reactive ketones (excluding diaryl/α,β-unsaturated/α-hetero) is 1. The van der Waals surface area contributed by atoms with Crippen molar-refractivity contribution < 1.29 is 22.8 Å². The number of ketones is 1. The second kappa shape index (κ2) is 11.1. The second-order valence-corrected chi connectivity index (χ2v) is 10.1. The fourth-order valence-electron chi connectivity index (χ4n) is 3.26. The van der Waals surface area contributed by atoms with Crippen molar-refractivity contribution >= 4 is 33.3 Å². The van der Waals surface area contributed by atoms with Crippen LogP contribution in [0.1, 0.15) is 43.6 Å². The first-order valence-corrected chi connectivity index (χ1v) is 12.5. The third-order valence-corrected chi connectivity index (χ3v) is 6.15. The molecule has 1 atom stereocenters. The first-order valence-electron chi connectivity index (χ1n) is 10.6. The van der Waals surface area contributed by atoms with Crippen LogP contribution in [0.3, 0.4) is 0 Å². The predicted molar refractivity (Wildman–Crippen MR) is 128 cm³/mol. The zero-order valence-electron chi connectivity index (χ0n) is 19.6. The van der Waals surface area contributed by atoms with E-state index >= 15 is 0 Å². The number of carbonyl (C=O) groups excluding carboxylic acids is 3. The molecule has 0 bridgehead atoms. The summed E-state index contributed by atoms with van der Waals surface area (Å²) in [5.41, 5.74) is 1.34. The smallest absolute Gasteiger partial charge is 0.244 e. The fourth-order valence-corrected chi connectivity index (χ4v) is 4.10. The van der Waals surface area contributed by atoms with Gasteiger partial charge in [0.05, 0.1) is 11.9 Å². The van der Waals surface area contributed by atoms with E-state index in [4.69, 9.17) is 0 Å².